The van der Waals surface area contributed by atoms with Crippen LogP contribution in [-0.4, -0.2) is 105 Å². The van der Waals surface area contributed by atoms with E-state index in [1.165, 1.54) is 0 Å². The Hall–Kier alpha value is -2.09. The molecule has 3 atom stereocenters. The Morgan fingerprint density at radius 3 is 1.97 bits per heavy atom. The lowest BCUT2D eigenvalue weighted by Gasteiger charge is -2.16. The van der Waals surface area contributed by atoms with Gasteiger partial charge < -0.3 is 40.6 Å². The van der Waals surface area contributed by atoms with E-state index in [4.69, 9.17) is 19.3 Å². The van der Waals surface area contributed by atoms with Crippen molar-refractivity contribution in [1.29, 1.82) is 0 Å². The van der Waals surface area contributed by atoms with Crippen molar-refractivity contribution in [3.63, 3.8) is 0 Å². The van der Waals surface area contributed by atoms with Crippen molar-refractivity contribution < 1.29 is 38.5 Å². The molecule has 0 aliphatic carbocycles. The molecule has 0 radical (unpaired) electrons. The van der Waals surface area contributed by atoms with Crippen LogP contribution in [0.15, 0.2) is 0 Å². The molecule has 218 valence electrons. The maximum Gasteiger partial charge on any atom is 0.315 e. The highest BCUT2D eigenvalue weighted by Crippen LogP contribution is 2.33. The van der Waals surface area contributed by atoms with Crippen LogP contribution < -0.4 is 21.3 Å². The summed E-state index contributed by atoms with van der Waals surface area (Å²) in [7, 11) is 0. The highest BCUT2D eigenvalue weighted by atomic mass is 32.2. The maximum absolute atomic E-state index is 12.0. The number of hydrogen-bond donors (Lipinski definition) is 5. The van der Waals surface area contributed by atoms with Gasteiger partial charge in [-0.05, 0) is 32.1 Å². The normalized spacial score (nSPS) is 20.0. The zero-order valence-electron chi connectivity index (χ0n) is 22.2. The number of nitrogens with one attached hydrogen (secondary N) is 4. The summed E-state index contributed by atoms with van der Waals surface area (Å²) in [5.74, 6) is -0.00156. The smallest absolute Gasteiger partial charge is 0.315 e. The van der Waals surface area contributed by atoms with E-state index in [0.717, 1.165) is 31.4 Å². The number of carbonyl (C=O) groups is 4. The van der Waals surface area contributed by atoms with Gasteiger partial charge in [-0.2, -0.15) is 11.8 Å². The van der Waals surface area contributed by atoms with Crippen molar-refractivity contribution in [3.05, 3.63) is 0 Å². The Morgan fingerprint density at radius 2 is 1.37 bits per heavy atom. The second-order valence-electron chi connectivity index (χ2n) is 9.36. The van der Waals surface area contributed by atoms with Gasteiger partial charge >= 0.3 is 12.0 Å². The molecule has 12 nitrogen and oxygen atoms in total. The molecule has 2 fully saturated rings. The van der Waals surface area contributed by atoms with E-state index in [1.54, 1.807) is 0 Å². The molecule has 0 aromatic rings. The van der Waals surface area contributed by atoms with E-state index in [0.29, 0.717) is 77.2 Å². The van der Waals surface area contributed by atoms with Gasteiger partial charge in [0.25, 0.3) is 0 Å². The van der Waals surface area contributed by atoms with Gasteiger partial charge in [-0.3, -0.25) is 14.4 Å². The zero-order chi connectivity index (χ0) is 27.4. The lowest BCUT2D eigenvalue weighted by atomic mass is 10.0. The van der Waals surface area contributed by atoms with Crippen molar-refractivity contribution >= 4 is 35.6 Å². The molecule has 0 spiro atoms. The Kier molecular flexibility index (Phi) is 16.8. The molecule has 2 rings (SSSR count). The highest BCUT2D eigenvalue weighted by Gasteiger charge is 2.42. The molecule has 13 heteroatoms. The fourth-order valence-corrected chi connectivity index (χ4v) is 5.74. The molecule has 2 heterocycles. The maximum atomic E-state index is 12.0. The Bertz CT molecular complexity index is 729. The van der Waals surface area contributed by atoms with Crippen LogP contribution >= 0.6 is 11.8 Å². The Morgan fingerprint density at radius 1 is 0.789 bits per heavy atom. The van der Waals surface area contributed by atoms with Crippen LogP contribution in [0.25, 0.3) is 0 Å². The van der Waals surface area contributed by atoms with E-state index in [1.807, 2.05) is 11.8 Å². The van der Waals surface area contributed by atoms with Crippen LogP contribution in [0.5, 0.6) is 0 Å². The van der Waals surface area contributed by atoms with Crippen LogP contribution in [0.4, 0.5) is 4.79 Å². The van der Waals surface area contributed by atoms with Gasteiger partial charge in [0.1, 0.15) is 0 Å². The van der Waals surface area contributed by atoms with E-state index in [-0.39, 0.29) is 42.8 Å². The summed E-state index contributed by atoms with van der Waals surface area (Å²) in [6.07, 6.45) is 5.38. The van der Waals surface area contributed by atoms with Crippen LogP contribution in [0.3, 0.4) is 0 Å². The third-order valence-electron chi connectivity index (χ3n) is 6.19. The number of aliphatic carboxylic acids is 1. The number of carboxylic acids is 1. The lowest BCUT2D eigenvalue weighted by Crippen LogP contribution is -2.36. The van der Waals surface area contributed by atoms with E-state index < -0.39 is 5.97 Å². The summed E-state index contributed by atoms with van der Waals surface area (Å²) in [5.41, 5.74) is 0. The second-order valence-corrected chi connectivity index (χ2v) is 10.6. The third kappa shape index (κ3) is 14.7. The van der Waals surface area contributed by atoms with E-state index >= 15 is 0 Å². The zero-order valence-corrected chi connectivity index (χ0v) is 23.0. The number of fused-ring (bicyclic) bond motifs is 1. The Labute approximate surface area is 229 Å². The number of hydrogen-bond acceptors (Lipinski definition) is 8. The molecule has 0 aromatic heterocycles. The molecule has 0 saturated carbocycles. The number of thioether (sulfide) groups is 1. The minimum Gasteiger partial charge on any atom is -0.481 e. The number of amides is 4. The monoisotopic (exact) mass is 560 g/mol. The van der Waals surface area contributed by atoms with Crippen LogP contribution in [-0.2, 0) is 28.6 Å². The number of ether oxygens (including phenoxy) is 3. The number of urea groups is 1. The molecular formula is C25H44N4O8S. The molecular weight excluding hydrogens is 516 g/mol. The molecule has 5 N–H and O–H groups in total. The molecule has 4 amide bonds. The summed E-state index contributed by atoms with van der Waals surface area (Å²) < 4.78 is 16.4. The molecule has 2 aliphatic rings. The van der Waals surface area contributed by atoms with Gasteiger partial charge in [0.2, 0.25) is 11.8 Å². The average molecular weight is 561 g/mol. The second kappa shape index (κ2) is 19.9. The van der Waals surface area contributed by atoms with Crippen LogP contribution in [0, 0.1) is 0 Å². The van der Waals surface area contributed by atoms with Gasteiger partial charge in [0.05, 0.1) is 38.5 Å². The van der Waals surface area contributed by atoms with Gasteiger partial charge in [-0.25, -0.2) is 4.79 Å². The predicted molar refractivity (Wildman–Crippen MR) is 143 cm³/mol. The van der Waals surface area contributed by atoms with Crippen LogP contribution in [0.1, 0.15) is 57.8 Å². The minimum atomic E-state index is -0.892. The van der Waals surface area contributed by atoms with E-state index in [9.17, 15) is 19.2 Å². The number of carboxylic acid groups (broad SMARTS) is 1. The third-order valence-corrected chi connectivity index (χ3v) is 7.70. The topological polar surface area (TPSA) is 164 Å². The summed E-state index contributed by atoms with van der Waals surface area (Å²) >= 11 is 1.90. The van der Waals surface area contributed by atoms with Crippen LogP contribution in [0.2, 0.25) is 0 Å². The highest BCUT2D eigenvalue weighted by molar-refractivity contribution is 8.00. The molecule has 0 bridgehead atoms. The first-order chi connectivity index (χ1) is 18.5. The van der Waals surface area contributed by atoms with Gasteiger partial charge in [0, 0.05) is 56.6 Å². The first-order valence-corrected chi connectivity index (χ1v) is 14.7. The molecule has 1 unspecified atom stereocenters. The molecule has 38 heavy (non-hydrogen) atoms. The standard InChI is InChI=1S/C25H44N4O8S/c30-21(7-2-1-6-20-24-19(18-38-20)28-25(34)29-24)26-10-4-12-35-14-16-37-17-15-36-13-5-11-27-22(31)8-3-9-23(32)33/h19-20,24H,1-18H2,(H,26,30)(H,27,31)(H,32,33)(H2,28,29,34)/t19-,20?,24-/m1/s1. The summed E-state index contributed by atoms with van der Waals surface area (Å²) in [6, 6.07) is 0.411. The van der Waals surface area contributed by atoms with Gasteiger partial charge in [-0.15, -0.1) is 0 Å². The molecule has 2 aliphatic heterocycles. The summed E-state index contributed by atoms with van der Waals surface area (Å²) in [6.45, 7) is 4.06. The molecule has 2 saturated heterocycles. The molecule has 0 aromatic carbocycles. The van der Waals surface area contributed by atoms with Crippen molar-refractivity contribution in [1.82, 2.24) is 21.3 Å². The quantitative estimate of drug-likeness (QED) is 0.0907. The van der Waals surface area contributed by atoms with E-state index in [2.05, 4.69) is 21.3 Å². The number of carbonyl (C=O) groups excluding carboxylic acids is 3. The van der Waals surface area contributed by atoms with Gasteiger partial charge in [0.15, 0.2) is 0 Å². The summed E-state index contributed by atoms with van der Waals surface area (Å²) in [5, 5.41) is 20.6. The minimum absolute atomic E-state index is 0.00453. The Balaban J connectivity index is 1.25. The number of unbranched alkanes of at least 4 members (excludes halogenated alkanes) is 1. The van der Waals surface area contributed by atoms with Gasteiger partial charge in [-0.1, -0.05) is 6.42 Å². The number of rotatable bonds is 23. The first-order valence-electron chi connectivity index (χ1n) is 13.6. The van der Waals surface area contributed by atoms with Crippen molar-refractivity contribution in [2.24, 2.45) is 0 Å². The van der Waals surface area contributed by atoms with Crippen molar-refractivity contribution in [2.45, 2.75) is 75.1 Å². The summed E-state index contributed by atoms with van der Waals surface area (Å²) in [4.78, 5) is 45.3. The average Bonchev–Trinajstić information content (AvgIpc) is 3.43. The first kappa shape index (κ1) is 32.1. The van der Waals surface area contributed by atoms with Crippen molar-refractivity contribution in [2.75, 3.05) is 58.5 Å². The fraction of sp³-hybridized carbons (Fsp3) is 0.840. The lowest BCUT2D eigenvalue weighted by molar-refractivity contribution is -0.137. The largest absolute Gasteiger partial charge is 0.481 e. The SMILES string of the molecule is O=C(O)CCCC(=O)NCCCOCCOCCOCCCNC(=O)CCCCC1SC[C@H]2NC(=O)N[C@@H]12. The predicted octanol–water partition coefficient (Wildman–Crippen LogP) is 1.03. The fourth-order valence-electron chi connectivity index (χ4n) is 4.20. The van der Waals surface area contributed by atoms with Crippen molar-refractivity contribution in [3.8, 4) is 0 Å².